The van der Waals surface area contributed by atoms with E-state index in [0.29, 0.717) is 34.2 Å². The van der Waals surface area contributed by atoms with Gasteiger partial charge in [-0.05, 0) is 32.0 Å². The van der Waals surface area contributed by atoms with Crippen molar-refractivity contribution in [3.05, 3.63) is 41.4 Å². The molecule has 0 atom stereocenters. The van der Waals surface area contributed by atoms with Crippen LogP contribution in [0.25, 0.3) is 11.4 Å². The molecule has 0 aliphatic heterocycles. The topological polar surface area (TPSA) is 91.2 Å². The first kappa shape index (κ1) is 21.8. The largest absolute Gasteiger partial charge is 0.493 e. The van der Waals surface area contributed by atoms with Gasteiger partial charge in [0.1, 0.15) is 0 Å². The van der Waals surface area contributed by atoms with Gasteiger partial charge >= 0.3 is 0 Å². The molecule has 1 amide bonds. The van der Waals surface area contributed by atoms with Crippen molar-refractivity contribution in [2.75, 3.05) is 25.3 Å². The van der Waals surface area contributed by atoms with Crippen molar-refractivity contribution < 1.29 is 14.3 Å². The van der Waals surface area contributed by atoms with Gasteiger partial charge < -0.3 is 14.8 Å². The molecule has 0 saturated carbocycles. The second kappa shape index (κ2) is 9.77. The zero-order chi connectivity index (χ0) is 21.7. The first-order chi connectivity index (χ1) is 14.5. The molecule has 2 heterocycles. The van der Waals surface area contributed by atoms with Crippen molar-refractivity contribution in [3.63, 3.8) is 0 Å². The lowest BCUT2D eigenvalue weighted by Gasteiger charge is -2.11. The van der Waals surface area contributed by atoms with Crippen LogP contribution in [0.15, 0.2) is 36.0 Å². The van der Waals surface area contributed by atoms with Crippen LogP contribution in [-0.4, -0.2) is 45.6 Å². The van der Waals surface area contributed by atoms with Gasteiger partial charge in [-0.15, -0.1) is 28.1 Å². The minimum absolute atomic E-state index is 0.144. The van der Waals surface area contributed by atoms with E-state index < -0.39 is 0 Å². The summed E-state index contributed by atoms with van der Waals surface area (Å²) in [5, 5.41) is 12.7. The highest BCUT2D eigenvalue weighted by Gasteiger charge is 2.17. The SMILES string of the molecule is C=CCn1c(SCC(=O)Nc2nc(C)c(C)s2)nnc1-c1ccc(OC)c(OC)c1. The Kier molecular flexibility index (Phi) is 7.11. The van der Waals surface area contributed by atoms with Crippen molar-refractivity contribution >= 4 is 34.1 Å². The highest BCUT2D eigenvalue weighted by molar-refractivity contribution is 7.99. The van der Waals surface area contributed by atoms with Crippen LogP contribution in [-0.2, 0) is 11.3 Å². The summed E-state index contributed by atoms with van der Waals surface area (Å²) in [6, 6.07) is 5.55. The van der Waals surface area contributed by atoms with Gasteiger partial charge in [-0.1, -0.05) is 17.8 Å². The van der Waals surface area contributed by atoms with E-state index in [0.717, 1.165) is 16.1 Å². The molecule has 0 spiro atoms. The molecule has 0 unspecified atom stereocenters. The first-order valence-corrected chi connectivity index (χ1v) is 10.9. The van der Waals surface area contributed by atoms with E-state index in [4.69, 9.17) is 9.47 Å². The number of allylic oxidation sites excluding steroid dienone is 1. The van der Waals surface area contributed by atoms with Gasteiger partial charge in [0, 0.05) is 17.0 Å². The Hall–Kier alpha value is -2.85. The monoisotopic (exact) mass is 445 g/mol. The highest BCUT2D eigenvalue weighted by atomic mass is 32.2. The Labute approximate surface area is 183 Å². The number of nitrogens with one attached hydrogen (secondary N) is 1. The fourth-order valence-electron chi connectivity index (χ4n) is 2.69. The number of rotatable bonds is 9. The van der Waals surface area contributed by atoms with Crippen LogP contribution in [0, 0.1) is 13.8 Å². The van der Waals surface area contributed by atoms with Gasteiger partial charge in [0.25, 0.3) is 0 Å². The number of aryl methyl sites for hydroxylation is 2. The number of thioether (sulfide) groups is 1. The highest BCUT2D eigenvalue weighted by Crippen LogP contribution is 2.33. The Morgan fingerprint density at radius 3 is 2.67 bits per heavy atom. The average molecular weight is 446 g/mol. The number of ether oxygens (including phenoxy) is 2. The van der Waals surface area contributed by atoms with Crippen molar-refractivity contribution in [2.24, 2.45) is 0 Å². The molecular formula is C20H23N5O3S2. The number of methoxy groups -OCH3 is 2. The second-order valence-electron chi connectivity index (χ2n) is 6.27. The third kappa shape index (κ3) is 4.82. The molecule has 3 rings (SSSR count). The quantitative estimate of drug-likeness (QED) is 0.394. The number of hydrogen-bond acceptors (Lipinski definition) is 8. The van der Waals surface area contributed by atoms with E-state index in [2.05, 4.69) is 27.1 Å². The second-order valence-corrected chi connectivity index (χ2v) is 8.42. The third-order valence-electron chi connectivity index (χ3n) is 4.28. The van der Waals surface area contributed by atoms with E-state index in [-0.39, 0.29) is 11.7 Å². The molecule has 0 aliphatic carbocycles. The maximum absolute atomic E-state index is 12.3. The number of carbonyl (C=O) groups excluding carboxylic acids is 1. The standard InChI is InChI=1S/C20H23N5O3S2/c1-6-9-25-18(14-7-8-15(27-4)16(10-14)28-5)23-24-20(25)29-11-17(26)22-19-21-12(2)13(3)30-19/h6-8,10H,1,9,11H2,2-5H3,(H,21,22,26). The number of anilines is 1. The zero-order valence-electron chi connectivity index (χ0n) is 17.3. The molecule has 0 radical (unpaired) electrons. The zero-order valence-corrected chi connectivity index (χ0v) is 18.9. The number of thiazole rings is 1. The van der Waals surface area contributed by atoms with Gasteiger partial charge in [-0.3, -0.25) is 9.36 Å². The molecule has 0 aliphatic rings. The van der Waals surface area contributed by atoms with Gasteiger partial charge in [-0.2, -0.15) is 0 Å². The molecular weight excluding hydrogens is 422 g/mol. The average Bonchev–Trinajstić information content (AvgIpc) is 3.28. The number of amides is 1. The normalized spacial score (nSPS) is 10.7. The number of hydrogen-bond donors (Lipinski definition) is 1. The summed E-state index contributed by atoms with van der Waals surface area (Å²) in [6.45, 7) is 8.22. The Balaban J connectivity index is 1.77. The molecule has 1 aromatic carbocycles. The maximum atomic E-state index is 12.3. The van der Waals surface area contributed by atoms with Gasteiger partial charge in [0.2, 0.25) is 5.91 Å². The van der Waals surface area contributed by atoms with Crippen LogP contribution in [0.1, 0.15) is 10.6 Å². The molecule has 0 bridgehead atoms. The van der Waals surface area contributed by atoms with Crippen molar-refractivity contribution in [3.8, 4) is 22.9 Å². The summed E-state index contributed by atoms with van der Waals surface area (Å²) in [5.74, 6) is 1.94. The molecule has 158 valence electrons. The van der Waals surface area contributed by atoms with Gasteiger partial charge in [0.05, 0.1) is 25.7 Å². The molecule has 2 aromatic heterocycles. The first-order valence-electron chi connectivity index (χ1n) is 9.10. The summed E-state index contributed by atoms with van der Waals surface area (Å²) >= 11 is 2.77. The molecule has 0 saturated heterocycles. The van der Waals surface area contributed by atoms with Crippen LogP contribution >= 0.6 is 23.1 Å². The van der Waals surface area contributed by atoms with Crippen LogP contribution < -0.4 is 14.8 Å². The fraction of sp³-hybridized carbons (Fsp3) is 0.300. The van der Waals surface area contributed by atoms with Gasteiger partial charge in [-0.25, -0.2) is 4.98 Å². The van der Waals surface area contributed by atoms with Crippen molar-refractivity contribution in [2.45, 2.75) is 25.5 Å². The lowest BCUT2D eigenvalue weighted by atomic mass is 10.2. The van der Waals surface area contributed by atoms with Crippen molar-refractivity contribution in [1.29, 1.82) is 0 Å². The predicted molar refractivity (Wildman–Crippen MR) is 120 cm³/mol. The molecule has 0 fully saturated rings. The predicted octanol–water partition coefficient (Wildman–Crippen LogP) is 3.95. The summed E-state index contributed by atoms with van der Waals surface area (Å²) < 4.78 is 12.6. The number of nitrogens with zero attached hydrogens (tertiary/aromatic N) is 4. The minimum Gasteiger partial charge on any atom is -0.493 e. The maximum Gasteiger partial charge on any atom is 0.236 e. The lowest BCUT2D eigenvalue weighted by Crippen LogP contribution is -2.14. The van der Waals surface area contributed by atoms with Crippen LogP contribution in [0.4, 0.5) is 5.13 Å². The number of carbonyl (C=O) groups is 1. The smallest absolute Gasteiger partial charge is 0.236 e. The van der Waals surface area contributed by atoms with Crippen molar-refractivity contribution in [1.82, 2.24) is 19.7 Å². The summed E-state index contributed by atoms with van der Waals surface area (Å²) in [4.78, 5) is 17.8. The Bertz CT molecular complexity index is 1040. The summed E-state index contributed by atoms with van der Waals surface area (Å²) in [7, 11) is 3.17. The van der Waals surface area contributed by atoms with Crippen LogP contribution in [0.3, 0.4) is 0 Å². The number of aromatic nitrogens is 4. The molecule has 10 heteroatoms. The Morgan fingerprint density at radius 2 is 2.03 bits per heavy atom. The van der Waals surface area contributed by atoms with E-state index in [1.165, 1.54) is 23.1 Å². The Morgan fingerprint density at radius 1 is 1.27 bits per heavy atom. The lowest BCUT2D eigenvalue weighted by molar-refractivity contribution is -0.113. The van der Waals surface area contributed by atoms with Crippen LogP contribution in [0.2, 0.25) is 0 Å². The molecule has 3 aromatic rings. The van der Waals surface area contributed by atoms with E-state index in [9.17, 15) is 4.79 Å². The van der Waals surface area contributed by atoms with Crippen LogP contribution in [0.5, 0.6) is 11.5 Å². The fourth-order valence-corrected chi connectivity index (χ4v) is 4.27. The third-order valence-corrected chi connectivity index (χ3v) is 6.23. The van der Waals surface area contributed by atoms with Gasteiger partial charge in [0.15, 0.2) is 27.6 Å². The summed E-state index contributed by atoms with van der Waals surface area (Å²) in [5.41, 5.74) is 1.75. The molecule has 8 nitrogen and oxygen atoms in total. The summed E-state index contributed by atoms with van der Waals surface area (Å²) in [6.07, 6.45) is 1.76. The van der Waals surface area contributed by atoms with E-state index in [1.54, 1.807) is 20.3 Å². The van der Waals surface area contributed by atoms with E-state index >= 15 is 0 Å². The molecule has 1 N–H and O–H groups in total. The van der Waals surface area contributed by atoms with E-state index in [1.807, 2.05) is 36.6 Å². The molecule has 30 heavy (non-hydrogen) atoms. The number of benzene rings is 1. The minimum atomic E-state index is -0.144.